The molecule has 2 aromatic heterocycles. The third-order valence-electron chi connectivity index (χ3n) is 4.76. The summed E-state index contributed by atoms with van der Waals surface area (Å²) in [7, 11) is 0. The summed E-state index contributed by atoms with van der Waals surface area (Å²) in [5.41, 5.74) is 1.88. The van der Waals surface area contributed by atoms with Crippen LogP contribution in [0.15, 0.2) is 78.1 Å². The number of imidazole rings is 1. The number of hydrogen-bond acceptors (Lipinski definition) is 3. The molecule has 0 N–H and O–H groups in total. The predicted octanol–water partition coefficient (Wildman–Crippen LogP) is 4.13. The first-order chi connectivity index (χ1) is 13.3. The number of nitrogens with zero attached hydrogens (tertiary/aromatic N) is 4. The third-order valence-corrected chi connectivity index (χ3v) is 4.76. The maximum Gasteiger partial charge on any atom is 0.274 e. The number of benzene rings is 2. The minimum absolute atomic E-state index is 0.0140. The fourth-order valence-corrected chi connectivity index (χ4v) is 3.35. The van der Waals surface area contributed by atoms with E-state index in [4.69, 9.17) is 5.10 Å². The fraction of sp³-hybridized carbons (Fsp3) is 0.227. The number of hydrogen-bond donors (Lipinski definition) is 0. The van der Waals surface area contributed by atoms with Crippen molar-refractivity contribution in [3.05, 3.63) is 83.7 Å². The van der Waals surface area contributed by atoms with Crippen molar-refractivity contribution in [1.82, 2.24) is 19.3 Å². The van der Waals surface area contributed by atoms with Crippen LogP contribution in [-0.2, 0) is 13.1 Å². The number of unbranched alkanes of at least 4 members (excludes halogenated alkanes) is 2. The van der Waals surface area contributed by atoms with Crippen LogP contribution in [0, 0.1) is 0 Å². The summed E-state index contributed by atoms with van der Waals surface area (Å²) >= 11 is 0. The van der Waals surface area contributed by atoms with E-state index >= 15 is 0 Å². The number of rotatable bonds is 7. The Labute approximate surface area is 157 Å². The van der Waals surface area contributed by atoms with Crippen LogP contribution in [0.3, 0.4) is 0 Å². The van der Waals surface area contributed by atoms with Crippen molar-refractivity contribution in [3.63, 3.8) is 0 Å². The monoisotopic (exact) mass is 358 g/mol. The van der Waals surface area contributed by atoms with Crippen molar-refractivity contribution in [3.8, 4) is 11.3 Å². The van der Waals surface area contributed by atoms with E-state index in [1.165, 1.54) is 0 Å². The van der Waals surface area contributed by atoms with Crippen LogP contribution in [-0.4, -0.2) is 19.3 Å². The molecule has 0 radical (unpaired) electrons. The Kier molecular flexibility index (Phi) is 5.10. The molecule has 4 aromatic rings. The van der Waals surface area contributed by atoms with Gasteiger partial charge in [0.05, 0.1) is 17.4 Å². The summed E-state index contributed by atoms with van der Waals surface area (Å²) in [6.45, 7) is 1.59. The molecule has 5 heteroatoms. The molecule has 0 aliphatic heterocycles. The van der Waals surface area contributed by atoms with Crippen molar-refractivity contribution < 1.29 is 0 Å². The van der Waals surface area contributed by atoms with Crippen LogP contribution in [0.25, 0.3) is 22.0 Å². The fourth-order valence-electron chi connectivity index (χ4n) is 3.35. The van der Waals surface area contributed by atoms with Gasteiger partial charge in [-0.1, -0.05) is 48.5 Å². The highest BCUT2D eigenvalue weighted by molar-refractivity contribution is 5.93. The predicted molar refractivity (Wildman–Crippen MR) is 108 cm³/mol. The molecule has 27 heavy (non-hydrogen) atoms. The van der Waals surface area contributed by atoms with E-state index in [0.29, 0.717) is 6.54 Å². The van der Waals surface area contributed by atoms with Gasteiger partial charge in [0.2, 0.25) is 0 Å². The zero-order chi connectivity index (χ0) is 18.5. The van der Waals surface area contributed by atoms with Gasteiger partial charge in [-0.15, -0.1) is 0 Å². The van der Waals surface area contributed by atoms with E-state index in [1.54, 1.807) is 10.9 Å². The van der Waals surface area contributed by atoms with Crippen LogP contribution in [0.5, 0.6) is 0 Å². The van der Waals surface area contributed by atoms with Gasteiger partial charge < -0.3 is 4.57 Å². The summed E-state index contributed by atoms with van der Waals surface area (Å²) in [6.07, 6.45) is 8.63. The van der Waals surface area contributed by atoms with Gasteiger partial charge in [-0.3, -0.25) is 4.79 Å². The zero-order valence-electron chi connectivity index (χ0n) is 15.2. The van der Waals surface area contributed by atoms with Gasteiger partial charge in [-0.2, -0.15) is 5.10 Å². The van der Waals surface area contributed by atoms with Crippen molar-refractivity contribution >= 4 is 10.8 Å². The molecule has 5 nitrogen and oxygen atoms in total. The highest BCUT2D eigenvalue weighted by Gasteiger charge is 2.11. The molecule has 2 aromatic carbocycles. The zero-order valence-corrected chi connectivity index (χ0v) is 15.2. The number of aromatic nitrogens is 4. The molecule has 0 saturated carbocycles. The summed E-state index contributed by atoms with van der Waals surface area (Å²) in [5, 5.41) is 6.34. The van der Waals surface area contributed by atoms with Crippen LogP contribution < -0.4 is 5.56 Å². The smallest absolute Gasteiger partial charge is 0.274 e. The minimum atomic E-state index is -0.0140. The topological polar surface area (TPSA) is 52.7 Å². The molecule has 2 heterocycles. The third kappa shape index (κ3) is 3.82. The lowest BCUT2D eigenvalue weighted by molar-refractivity contribution is 0.507. The second-order valence-corrected chi connectivity index (χ2v) is 6.65. The molecular formula is C22H22N4O. The first-order valence-corrected chi connectivity index (χ1v) is 9.34. The Hall–Kier alpha value is -3.21. The molecule has 0 spiro atoms. The molecule has 0 fully saturated rings. The molecule has 0 saturated heterocycles. The molecule has 0 aliphatic carbocycles. The van der Waals surface area contributed by atoms with E-state index in [1.807, 2.05) is 67.1 Å². The van der Waals surface area contributed by atoms with Crippen LogP contribution >= 0.6 is 0 Å². The summed E-state index contributed by atoms with van der Waals surface area (Å²) in [6, 6.07) is 17.8. The highest BCUT2D eigenvalue weighted by atomic mass is 16.1. The molecular weight excluding hydrogens is 336 g/mol. The van der Waals surface area contributed by atoms with Crippen molar-refractivity contribution in [2.75, 3.05) is 0 Å². The first kappa shape index (κ1) is 17.2. The van der Waals surface area contributed by atoms with Gasteiger partial charge >= 0.3 is 0 Å². The van der Waals surface area contributed by atoms with Gasteiger partial charge in [0.25, 0.3) is 5.56 Å². The maximum absolute atomic E-state index is 12.9. The standard InChI is InChI=1S/C22H22N4O/c27-22-20-12-6-5-11-19(20)21(18-9-3-1-4-10-18)24-26(22)15-8-2-7-14-25-16-13-23-17-25/h1,3-6,9-13,16-17H,2,7-8,14-15H2. The average Bonchev–Trinajstić information content (AvgIpc) is 3.24. The second-order valence-electron chi connectivity index (χ2n) is 6.65. The Morgan fingerprint density at radius 2 is 1.56 bits per heavy atom. The van der Waals surface area contributed by atoms with Crippen molar-refractivity contribution in [2.45, 2.75) is 32.4 Å². The molecule has 0 unspecified atom stereocenters. The highest BCUT2D eigenvalue weighted by Crippen LogP contribution is 2.24. The lowest BCUT2D eigenvalue weighted by Crippen LogP contribution is -2.24. The second kappa shape index (κ2) is 7.99. The van der Waals surface area contributed by atoms with Crippen LogP contribution in [0.1, 0.15) is 19.3 Å². The van der Waals surface area contributed by atoms with E-state index in [-0.39, 0.29) is 5.56 Å². The van der Waals surface area contributed by atoms with Gasteiger partial charge in [-0.05, 0) is 25.3 Å². The van der Waals surface area contributed by atoms with E-state index in [9.17, 15) is 4.79 Å². The Balaban J connectivity index is 1.55. The molecule has 4 rings (SSSR count). The summed E-state index contributed by atoms with van der Waals surface area (Å²) in [5.74, 6) is 0. The SMILES string of the molecule is O=c1c2ccccc2c(-c2ccccc2)nn1CCCCCn1ccnc1. The molecule has 0 amide bonds. The van der Waals surface area contributed by atoms with E-state index in [0.717, 1.165) is 47.8 Å². The van der Waals surface area contributed by atoms with Crippen LogP contribution in [0.4, 0.5) is 0 Å². The van der Waals surface area contributed by atoms with Gasteiger partial charge in [0, 0.05) is 36.4 Å². The Morgan fingerprint density at radius 1 is 0.815 bits per heavy atom. The van der Waals surface area contributed by atoms with E-state index in [2.05, 4.69) is 9.55 Å². The Bertz CT molecular complexity index is 1070. The van der Waals surface area contributed by atoms with Crippen molar-refractivity contribution in [1.29, 1.82) is 0 Å². The molecule has 136 valence electrons. The quantitative estimate of drug-likeness (QED) is 0.467. The first-order valence-electron chi connectivity index (χ1n) is 9.34. The summed E-state index contributed by atoms with van der Waals surface area (Å²) < 4.78 is 3.70. The largest absolute Gasteiger partial charge is 0.337 e. The number of fused-ring (bicyclic) bond motifs is 1. The van der Waals surface area contributed by atoms with Gasteiger partial charge in [0.1, 0.15) is 0 Å². The average molecular weight is 358 g/mol. The van der Waals surface area contributed by atoms with Crippen molar-refractivity contribution in [2.24, 2.45) is 0 Å². The van der Waals surface area contributed by atoms with Gasteiger partial charge in [-0.25, -0.2) is 9.67 Å². The van der Waals surface area contributed by atoms with E-state index < -0.39 is 0 Å². The minimum Gasteiger partial charge on any atom is -0.337 e. The summed E-state index contributed by atoms with van der Waals surface area (Å²) in [4.78, 5) is 16.9. The molecule has 0 atom stereocenters. The molecule has 0 bridgehead atoms. The van der Waals surface area contributed by atoms with Crippen LogP contribution in [0.2, 0.25) is 0 Å². The normalized spacial score (nSPS) is 11.1. The maximum atomic E-state index is 12.9. The molecule has 0 aliphatic rings. The Morgan fingerprint density at radius 3 is 2.33 bits per heavy atom. The lowest BCUT2D eigenvalue weighted by atomic mass is 10.1. The lowest BCUT2D eigenvalue weighted by Gasteiger charge is -2.11. The number of aryl methyl sites for hydroxylation is 2. The van der Waals surface area contributed by atoms with Gasteiger partial charge in [0.15, 0.2) is 0 Å².